The number of rotatable bonds is 5. The first kappa shape index (κ1) is 20.5. The number of aromatic nitrogens is 2. The predicted molar refractivity (Wildman–Crippen MR) is 121 cm³/mol. The lowest BCUT2D eigenvalue weighted by Crippen LogP contribution is -2.49. The van der Waals surface area contributed by atoms with Crippen LogP contribution in [0, 0.1) is 6.92 Å². The van der Waals surface area contributed by atoms with Gasteiger partial charge in [0.25, 0.3) is 0 Å². The predicted octanol–water partition coefficient (Wildman–Crippen LogP) is 3.52. The van der Waals surface area contributed by atoms with Crippen LogP contribution < -0.4 is 10.2 Å². The van der Waals surface area contributed by atoms with Gasteiger partial charge < -0.3 is 15.1 Å². The number of hydrogen-bond acceptors (Lipinski definition) is 5. The summed E-state index contributed by atoms with van der Waals surface area (Å²) in [6, 6.07) is 8.54. The highest BCUT2D eigenvalue weighted by molar-refractivity contribution is 5.76. The number of carbonyl (C=O) groups is 1. The molecule has 0 bridgehead atoms. The average molecular weight is 409 g/mol. The molecule has 0 spiro atoms. The molecule has 2 saturated heterocycles. The first-order valence-corrected chi connectivity index (χ1v) is 10.8. The number of nitrogens with zero attached hydrogens (tertiary/aromatic N) is 5. The average Bonchev–Trinajstić information content (AvgIpc) is 3.41. The lowest BCUT2D eigenvalue weighted by Gasteiger charge is -2.35. The number of hydrogen-bond donors (Lipinski definition) is 1. The largest absolute Gasteiger partial charge is 0.371 e. The van der Waals surface area contributed by atoms with Crippen LogP contribution in [0.25, 0.3) is 0 Å². The van der Waals surface area contributed by atoms with Crippen LogP contribution in [-0.4, -0.2) is 64.9 Å². The summed E-state index contributed by atoms with van der Waals surface area (Å²) in [5.74, 6) is 0.642. The van der Waals surface area contributed by atoms with Crippen LogP contribution >= 0.6 is 0 Å². The van der Waals surface area contributed by atoms with Crippen molar-refractivity contribution in [1.82, 2.24) is 19.6 Å². The fraction of sp³-hybridized carbons (Fsp3) is 0.478. The Balaban J connectivity index is 1.35. The fourth-order valence-electron chi connectivity index (χ4n) is 4.26. The topological polar surface area (TPSA) is 56.6 Å². The van der Waals surface area contributed by atoms with Gasteiger partial charge in [0.1, 0.15) is 0 Å². The van der Waals surface area contributed by atoms with E-state index in [4.69, 9.17) is 0 Å². The van der Waals surface area contributed by atoms with Crippen molar-refractivity contribution in [3.8, 4) is 0 Å². The van der Waals surface area contributed by atoms with Crippen molar-refractivity contribution in [2.24, 2.45) is 0 Å². The van der Waals surface area contributed by atoms with E-state index in [1.165, 1.54) is 34.3 Å². The van der Waals surface area contributed by atoms with Gasteiger partial charge in [-0.1, -0.05) is 18.7 Å². The van der Waals surface area contributed by atoms with E-state index in [1.54, 1.807) is 12.3 Å². The second kappa shape index (κ2) is 8.92. The van der Waals surface area contributed by atoms with Crippen molar-refractivity contribution in [3.05, 3.63) is 53.9 Å². The summed E-state index contributed by atoms with van der Waals surface area (Å²) in [5.41, 5.74) is 4.89. The summed E-state index contributed by atoms with van der Waals surface area (Å²) in [4.78, 5) is 19.6. The standard InChI is InChI=1S/C23H32N6O/c1-18(2)24-22-8-11-29(25-22)23(30)28-14-12-26(13-15-28)17-20-7-6-19(3)16-21(20)27-9-4-5-10-27/h6-8,11,16H,1,4-5,9-10,12-15,17H2,2-3H3,(H,24,25). The summed E-state index contributed by atoms with van der Waals surface area (Å²) in [7, 11) is 0. The number of nitrogens with one attached hydrogen (secondary N) is 1. The van der Waals surface area contributed by atoms with Crippen molar-refractivity contribution in [1.29, 1.82) is 0 Å². The Hall–Kier alpha value is -2.80. The van der Waals surface area contributed by atoms with E-state index in [1.807, 2.05) is 11.8 Å². The molecule has 1 aromatic heterocycles. The lowest BCUT2D eigenvalue weighted by molar-refractivity contribution is 0.134. The van der Waals surface area contributed by atoms with Crippen LogP contribution in [0.3, 0.4) is 0 Å². The minimum Gasteiger partial charge on any atom is -0.371 e. The van der Waals surface area contributed by atoms with Crippen LogP contribution in [0.1, 0.15) is 30.9 Å². The molecule has 1 amide bonds. The van der Waals surface area contributed by atoms with E-state index in [0.717, 1.165) is 38.4 Å². The summed E-state index contributed by atoms with van der Waals surface area (Å²) < 4.78 is 1.41. The molecule has 3 heterocycles. The Morgan fingerprint density at radius 3 is 2.53 bits per heavy atom. The van der Waals surface area contributed by atoms with Crippen molar-refractivity contribution < 1.29 is 4.79 Å². The normalized spacial score (nSPS) is 17.4. The van der Waals surface area contributed by atoms with Crippen molar-refractivity contribution in [2.45, 2.75) is 33.2 Å². The highest BCUT2D eigenvalue weighted by Gasteiger charge is 2.24. The van der Waals surface area contributed by atoms with Crippen molar-refractivity contribution in [2.75, 3.05) is 49.5 Å². The second-order valence-electron chi connectivity index (χ2n) is 8.42. The molecule has 0 aliphatic carbocycles. The number of amides is 1. The molecule has 1 aromatic carbocycles. The lowest BCUT2D eigenvalue weighted by atomic mass is 10.1. The van der Waals surface area contributed by atoms with Gasteiger partial charge in [0.05, 0.1) is 0 Å². The monoisotopic (exact) mass is 408 g/mol. The van der Waals surface area contributed by atoms with Gasteiger partial charge in [0, 0.05) is 69.5 Å². The molecule has 2 fully saturated rings. The van der Waals surface area contributed by atoms with Gasteiger partial charge in [-0.3, -0.25) is 4.90 Å². The number of benzene rings is 1. The van der Waals surface area contributed by atoms with Crippen LogP contribution in [0.15, 0.2) is 42.7 Å². The zero-order valence-electron chi connectivity index (χ0n) is 18.1. The number of anilines is 2. The van der Waals surface area contributed by atoms with E-state index in [2.05, 4.69) is 51.9 Å². The van der Waals surface area contributed by atoms with E-state index in [9.17, 15) is 4.79 Å². The molecular formula is C23H32N6O. The Morgan fingerprint density at radius 2 is 1.83 bits per heavy atom. The third-order valence-electron chi connectivity index (χ3n) is 5.85. The maximum absolute atomic E-state index is 12.8. The van der Waals surface area contributed by atoms with E-state index in [-0.39, 0.29) is 6.03 Å². The molecule has 4 rings (SSSR count). The van der Waals surface area contributed by atoms with Gasteiger partial charge >= 0.3 is 6.03 Å². The maximum Gasteiger partial charge on any atom is 0.344 e. The first-order valence-electron chi connectivity index (χ1n) is 10.8. The SMILES string of the molecule is C=C(C)Nc1ccn(C(=O)N2CCN(Cc3ccc(C)cc3N3CCCC3)CC2)n1. The Morgan fingerprint density at radius 1 is 1.10 bits per heavy atom. The molecular weight excluding hydrogens is 376 g/mol. The third kappa shape index (κ3) is 4.67. The molecule has 0 saturated carbocycles. The fourth-order valence-corrected chi connectivity index (χ4v) is 4.26. The Bertz CT molecular complexity index is 906. The molecule has 7 nitrogen and oxygen atoms in total. The summed E-state index contributed by atoms with van der Waals surface area (Å²) in [5, 5.41) is 7.35. The minimum atomic E-state index is -0.0718. The van der Waals surface area contributed by atoms with E-state index in [0.29, 0.717) is 18.9 Å². The van der Waals surface area contributed by atoms with Gasteiger partial charge in [0.15, 0.2) is 5.82 Å². The Kier molecular flexibility index (Phi) is 6.08. The van der Waals surface area contributed by atoms with Crippen molar-refractivity contribution >= 4 is 17.5 Å². The van der Waals surface area contributed by atoms with Gasteiger partial charge in [-0.2, -0.15) is 4.68 Å². The van der Waals surface area contributed by atoms with Crippen molar-refractivity contribution in [3.63, 3.8) is 0 Å². The van der Waals surface area contributed by atoms with Gasteiger partial charge in [0.2, 0.25) is 0 Å². The quantitative estimate of drug-likeness (QED) is 0.820. The molecule has 0 atom stereocenters. The number of aryl methyl sites for hydroxylation is 1. The van der Waals surface area contributed by atoms with Gasteiger partial charge in [-0.15, -0.1) is 5.10 Å². The molecule has 0 radical (unpaired) electrons. The second-order valence-corrected chi connectivity index (χ2v) is 8.42. The molecule has 2 aliphatic heterocycles. The molecule has 2 aliphatic rings. The zero-order valence-corrected chi connectivity index (χ0v) is 18.1. The molecule has 2 aromatic rings. The van der Waals surface area contributed by atoms with E-state index < -0.39 is 0 Å². The molecule has 0 unspecified atom stereocenters. The summed E-state index contributed by atoms with van der Waals surface area (Å²) in [6.45, 7) is 14.3. The minimum absolute atomic E-state index is 0.0718. The summed E-state index contributed by atoms with van der Waals surface area (Å²) in [6.07, 6.45) is 4.27. The maximum atomic E-state index is 12.8. The highest BCUT2D eigenvalue weighted by Crippen LogP contribution is 2.27. The number of carbonyl (C=O) groups excluding carboxylic acids is 1. The molecule has 1 N–H and O–H groups in total. The van der Waals surface area contributed by atoms with E-state index >= 15 is 0 Å². The molecule has 160 valence electrons. The van der Waals surface area contributed by atoms with Gasteiger partial charge in [-0.05, 0) is 43.9 Å². The molecule has 7 heteroatoms. The zero-order chi connectivity index (χ0) is 21.1. The van der Waals surface area contributed by atoms with Gasteiger partial charge in [-0.25, -0.2) is 4.79 Å². The highest BCUT2D eigenvalue weighted by atomic mass is 16.2. The number of piperazine rings is 1. The Labute approximate surface area is 178 Å². The van der Waals surface area contributed by atoms with Crippen LogP contribution in [0.2, 0.25) is 0 Å². The molecule has 30 heavy (non-hydrogen) atoms. The smallest absolute Gasteiger partial charge is 0.344 e. The number of allylic oxidation sites excluding steroid dienone is 1. The first-order chi connectivity index (χ1) is 14.5. The summed E-state index contributed by atoms with van der Waals surface area (Å²) >= 11 is 0. The van der Waals surface area contributed by atoms with Crippen LogP contribution in [0.5, 0.6) is 0 Å². The van der Waals surface area contributed by atoms with Crippen LogP contribution in [0.4, 0.5) is 16.3 Å². The third-order valence-corrected chi connectivity index (χ3v) is 5.85. The van der Waals surface area contributed by atoms with Crippen LogP contribution in [-0.2, 0) is 6.54 Å².